The lowest BCUT2D eigenvalue weighted by Gasteiger charge is -2.12. The Morgan fingerprint density at radius 2 is 1.77 bits per heavy atom. The quantitative estimate of drug-likeness (QED) is 0.887. The number of ether oxygens (including phenoxy) is 2. The molecule has 1 amide bonds. The molecule has 0 aromatic heterocycles. The number of aryl methyl sites for hydroxylation is 1. The molecule has 0 aliphatic carbocycles. The summed E-state index contributed by atoms with van der Waals surface area (Å²) < 4.78 is 10.3. The van der Waals surface area contributed by atoms with Crippen LogP contribution in [0.5, 0.6) is 11.5 Å². The second-order valence-corrected chi connectivity index (χ2v) is 5.43. The fourth-order valence-corrected chi connectivity index (χ4v) is 2.39. The summed E-state index contributed by atoms with van der Waals surface area (Å²) in [5.41, 5.74) is 1.90. The lowest BCUT2D eigenvalue weighted by atomic mass is 10.1. The molecule has 2 aromatic carbocycles. The number of carbonyl (C=O) groups excluding carboxylic acids is 1. The van der Waals surface area contributed by atoms with Crippen molar-refractivity contribution in [3.05, 3.63) is 51.5 Å². The van der Waals surface area contributed by atoms with Crippen LogP contribution in [0.3, 0.4) is 0 Å². The first-order chi connectivity index (χ1) is 10.5. The largest absolute Gasteiger partial charge is 0.493 e. The van der Waals surface area contributed by atoms with Crippen LogP contribution in [0.2, 0.25) is 10.0 Å². The van der Waals surface area contributed by atoms with E-state index in [4.69, 9.17) is 32.7 Å². The molecule has 0 bridgehead atoms. The number of benzene rings is 2. The fraction of sp³-hybridized carbons (Fsp3) is 0.188. The number of anilines is 1. The first-order valence-corrected chi connectivity index (χ1v) is 7.21. The summed E-state index contributed by atoms with van der Waals surface area (Å²) in [5.74, 6) is 0.462. The van der Waals surface area contributed by atoms with Crippen molar-refractivity contribution in [2.24, 2.45) is 0 Å². The first-order valence-electron chi connectivity index (χ1n) is 6.45. The number of hydrogen-bond acceptors (Lipinski definition) is 3. The molecule has 4 nitrogen and oxygen atoms in total. The topological polar surface area (TPSA) is 47.6 Å². The van der Waals surface area contributed by atoms with E-state index in [0.717, 1.165) is 5.56 Å². The highest BCUT2D eigenvalue weighted by Gasteiger charge is 2.15. The molecule has 0 aliphatic heterocycles. The highest BCUT2D eigenvalue weighted by Crippen LogP contribution is 2.36. The minimum absolute atomic E-state index is 0.300. The second kappa shape index (κ2) is 6.90. The Bertz CT molecular complexity index is 717. The van der Waals surface area contributed by atoms with Crippen molar-refractivity contribution in [1.29, 1.82) is 0 Å². The number of carbonyl (C=O) groups is 1. The zero-order chi connectivity index (χ0) is 16.3. The minimum Gasteiger partial charge on any atom is -0.493 e. The molecule has 2 aromatic rings. The Morgan fingerprint density at radius 1 is 1.05 bits per heavy atom. The van der Waals surface area contributed by atoms with E-state index < -0.39 is 0 Å². The van der Waals surface area contributed by atoms with Crippen molar-refractivity contribution >= 4 is 34.8 Å². The van der Waals surface area contributed by atoms with Crippen LogP contribution < -0.4 is 14.8 Å². The molecule has 116 valence electrons. The van der Waals surface area contributed by atoms with Crippen LogP contribution in [0.25, 0.3) is 0 Å². The number of rotatable bonds is 4. The number of amides is 1. The summed E-state index contributed by atoms with van der Waals surface area (Å²) in [5, 5.41) is 3.65. The van der Waals surface area contributed by atoms with Crippen LogP contribution in [-0.4, -0.2) is 20.1 Å². The average Bonchev–Trinajstić information content (AvgIpc) is 2.50. The van der Waals surface area contributed by atoms with Crippen molar-refractivity contribution < 1.29 is 14.3 Å². The second-order valence-electron chi connectivity index (χ2n) is 4.61. The van der Waals surface area contributed by atoms with E-state index in [1.807, 2.05) is 13.0 Å². The van der Waals surface area contributed by atoms with Crippen molar-refractivity contribution in [3.8, 4) is 11.5 Å². The van der Waals surface area contributed by atoms with E-state index in [1.165, 1.54) is 20.3 Å². The SMILES string of the molecule is COc1cc(C(=O)Nc2ccc(C)c(Cl)c2)cc(Cl)c1OC. The molecule has 1 N–H and O–H groups in total. The normalized spacial score (nSPS) is 10.2. The molecule has 0 spiro atoms. The Morgan fingerprint density at radius 3 is 2.36 bits per heavy atom. The van der Waals surface area contributed by atoms with Crippen molar-refractivity contribution in [3.63, 3.8) is 0 Å². The summed E-state index contributed by atoms with van der Waals surface area (Å²) in [6.07, 6.45) is 0. The van der Waals surface area contributed by atoms with Crippen LogP contribution in [0.15, 0.2) is 30.3 Å². The maximum atomic E-state index is 12.3. The van der Waals surface area contributed by atoms with Crippen LogP contribution in [-0.2, 0) is 0 Å². The molecule has 22 heavy (non-hydrogen) atoms. The van der Waals surface area contributed by atoms with Gasteiger partial charge in [-0.2, -0.15) is 0 Å². The molecule has 0 heterocycles. The third kappa shape index (κ3) is 3.46. The smallest absolute Gasteiger partial charge is 0.255 e. The Labute approximate surface area is 138 Å². The van der Waals surface area contributed by atoms with Gasteiger partial charge in [0.05, 0.1) is 19.2 Å². The van der Waals surface area contributed by atoms with Crippen LogP contribution in [0, 0.1) is 6.92 Å². The van der Waals surface area contributed by atoms with Crippen molar-refractivity contribution in [2.45, 2.75) is 6.92 Å². The third-order valence-corrected chi connectivity index (χ3v) is 3.81. The number of halogens is 2. The van der Waals surface area contributed by atoms with Gasteiger partial charge in [-0.25, -0.2) is 0 Å². The number of hydrogen-bond donors (Lipinski definition) is 1. The van der Waals surface area contributed by atoms with Gasteiger partial charge in [0, 0.05) is 16.3 Å². The molecule has 0 atom stereocenters. The van der Waals surface area contributed by atoms with Gasteiger partial charge in [0.15, 0.2) is 11.5 Å². The van der Waals surface area contributed by atoms with E-state index in [1.54, 1.807) is 18.2 Å². The van der Waals surface area contributed by atoms with Crippen LogP contribution in [0.4, 0.5) is 5.69 Å². The molecule has 0 saturated heterocycles. The Hall–Kier alpha value is -1.91. The summed E-state index contributed by atoms with van der Waals surface area (Å²) in [4.78, 5) is 12.3. The highest BCUT2D eigenvalue weighted by atomic mass is 35.5. The summed E-state index contributed by atoms with van der Waals surface area (Å²) in [7, 11) is 2.97. The van der Waals surface area contributed by atoms with Crippen LogP contribution in [0.1, 0.15) is 15.9 Å². The van der Waals surface area contributed by atoms with E-state index in [2.05, 4.69) is 5.32 Å². The van der Waals surface area contributed by atoms with E-state index >= 15 is 0 Å². The Balaban J connectivity index is 2.29. The Kier molecular flexibility index (Phi) is 5.16. The average molecular weight is 340 g/mol. The van der Waals surface area contributed by atoms with Gasteiger partial charge in [-0.3, -0.25) is 4.79 Å². The molecular formula is C16H15Cl2NO3. The fourth-order valence-electron chi connectivity index (χ4n) is 1.92. The van der Waals surface area contributed by atoms with Gasteiger partial charge in [-0.1, -0.05) is 29.3 Å². The molecule has 0 unspecified atom stereocenters. The van der Waals surface area contributed by atoms with E-state index in [-0.39, 0.29) is 5.91 Å². The monoisotopic (exact) mass is 339 g/mol. The van der Waals surface area contributed by atoms with Gasteiger partial charge in [-0.15, -0.1) is 0 Å². The molecule has 0 radical (unpaired) electrons. The van der Waals surface area contributed by atoms with E-state index in [9.17, 15) is 4.79 Å². The standard InChI is InChI=1S/C16H15Cl2NO3/c1-9-4-5-11(8-12(9)17)19-16(20)10-6-13(18)15(22-3)14(7-10)21-2/h4-8H,1-3H3,(H,19,20). The summed E-state index contributed by atoms with van der Waals surface area (Å²) in [6.45, 7) is 1.89. The van der Waals surface area contributed by atoms with Crippen LogP contribution >= 0.6 is 23.2 Å². The molecular weight excluding hydrogens is 325 g/mol. The maximum Gasteiger partial charge on any atom is 0.255 e. The molecule has 2 rings (SSSR count). The van der Waals surface area contributed by atoms with Gasteiger partial charge < -0.3 is 14.8 Å². The lowest BCUT2D eigenvalue weighted by molar-refractivity contribution is 0.102. The first kappa shape index (κ1) is 16.5. The van der Waals surface area contributed by atoms with Crippen molar-refractivity contribution in [2.75, 3.05) is 19.5 Å². The zero-order valence-corrected chi connectivity index (χ0v) is 13.9. The van der Waals surface area contributed by atoms with Gasteiger partial charge in [0.2, 0.25) is 0 Å². The molecule has 0 fully saturated rings. The zero-order valence-electron chi connectivity index (χ0n) is 12.4. The van der Waals surface area contributed by atoms with Gasteiger partial charge in [-0.05, 0) is 36.8 Å². The van der Waals surface area contributed by atoms with Gasteiger partial charge in [0.1, 0.15) is 0 Å². The highest BCUT2D eigenvalue weighted by molar-refractivity contribution is 6.33. The lowest BCUT2D eigenvalue weighted by Crippen LogP contribution is -2.12. The van der Waals surface area contributed by atoms with Crippen molar-refractivity contribution in [1.82, 2.24) is 0 Å². The third-order valence-electron chi connectivity index (χ3n) is 3.13. The van der Waals surface area contributed by atoms with Gasteiger partial charge in [0.25, 0.3) is 5.91 Å². The van der Waals surface area contributed by atoms with Gasteiger partial charge >= 0.3 is 0 Å². The maximum absolute atomic E-state index is 12.3. The predicted octanol–water partition coefficient (Wildman–Crippen LogP) is 4.57. The minimum atomic E-state index is -0.317. The summed E-state index contributed by atoms with van der Waals surface area (Å²) >= 11 is 12.1. The number of methoxy groups -OCH3 is 2. The molecule has 6 heteroatoms. The summed E-state index contributed by atoms with van der Waals surface area (Å²) in [6, 6.07) is 8.39. The number of nitrogens with one attached hydrogen (secondary N) is 1. The molecule has 0 saturated carbocycles. The predicted molar refractivity (Wildman–Crippen MR) is 88.7 cm³/mol. The van der Waals surface area contributed by atoms with E-state index in [0.29, 0.717) is 32.8 Å². The molecule has 0 aliphatic rings.